The van der Waals surface area contributed by atoms with Crippen LogP contribution in [0.2, 0.25) is 0 Å². The third-order valence-electron chi connectivity index (χ3n) is 3.92. The number of hydrogen-bond donors (Lipinski definition) is 2. The minimum absolute atomic E-state index is 0.147. The summed E-state index contributed by atoms with van der Waals surface area (Å²) in [5.41, 5.74) is 0.943. The number of nitrogens with one attached hydrogen (secondary N) is 2. The van der Waals surface area contributed by atoms with Gasteiger partial charge in [0.2, 0.25) is 5.56 Å². The van der Waals surface area contributed by atoms with Crippen molar-refractivity contribution in [2.45, 2.75) is 33.7 Å². The van der Waals surface area contributed by atoms with E-state index in [4.69, 9.17) is 9.47 Å². The van der Waals surface area contributed by atoms with Crippen molar-refractivity contribution in [1.82, 2.24) is 10.3 Å². The molecule has 0 aliphatic rings. The highest BCUT2D eigenvalue weighted by Crippen LogP contribution is 2.33. The average molecular weight is 358 g/mol. The fourth-order valence-electron chi connectivity index (χ4n) is 2.71. The summed E-state index contributed by atoms with van der Waals surface area (Å²) in [6.45, 7) is 8.96. The Balaban J connectivity index is 2.30. The van der Waals surface area contributed by atoms with Crippen LogP contribution in [0.4, 0.5) is 0 Å². The van der Waals surface area contributed by atoms with Gasteiger partial charge >= 0.3 is 0 Å². The van der Waals surface area contributed by atoms with Crippen molar-refractivity contribution in [3.8, 4) is 11.5 Å². The van der Waals surface area contributed by atoms with E-state index < -0.39 is 0 Å². The quantitative estimate of drug-likeness (QED) is 0.759. The van der Waals surface area contributed by atoms with E-state index in [1.807, 2.05) is 45.9 Å². The predicted molar refractivity (Wildman–Crippen MR) is 101 cm³/mol. The Morgan fingerprint density at radius 3 is 2.38 bits per heavy atom. The molecule has 2 rings (SSSR count). The zero-order valence-electron chi connectivity index (χ0n) is 15.7. The van der Waals surface area contributed by atoms with Crippen molar-refractivity contribution in [2.75, 3.05) is 13.2 Å². The summed E-state index contributed by atoms with van der Waals surface area (Å²) in [6.07, 6.45) is 1.46. The van der Waals surface area contributed by atoms with E-state index in [0.717, 1.165) is 5.56 Å². The monoisotopic (exact) mass is 358 g/mol. The van der Waals surface area contributed by atoms with E-state index in [2.05, 4.69) is 10.3 Å². The average Bonchev–Trinajstić information content (AvgIpc) is 2.61. The molecule has 1 aromatic heterocycles. The molecule has 0 bridgehead atoms. The van der Waals surface area contributed by atoms with Gasteiger partial charge in [0, 0.05) is 17.8 Å². The first-order valence-electron chi connectivity index (χ1n) is 8.85. The number of carbonyl (C=O) groups excluding carboxylic acids is 1. The maximum atomic E-state index is 12.5. The molecule has 0 saturated carbocycles. The molecule has 1 amide bonds. The van der Waals surface area contributed by atoms with Gasteiger partial charge in [0.15, 0.2) is 11.5 Å². The first-order valence-corrected chi connectivity index (χ1v) is 8.85. The number of aromatic nitrogens is 1. The highest BCUT2D eigenvalue weighted by Gasteiger charge is 2.21. The number of benzene rings is 1. The molecule has 26 heavy (non-hydrogen) atoms. The Hall–Kier alpha value is -2.76. The second kappa shape index (κ2) is 9.08. The van der Waals surface area contributed by atoms with E-state index >= 15 is 0 Å². The fraction of sp³-hybridized carbons (Fsp3) is 0.400. The molecule has 6 nitrogen and oxygen atoms in total. The minimum Gasteiger partial charge on any atom is -0.490 e. The molecule has 0 spiro atoms. The fourth-order valence-corrected chi connectivity index (χ4v) is 2.71. The van der Waals surface area contributed by atoms with Gasteiger partial charge in [0.05, 0.1) is 19.3 Å². The molecule has 0 aliphatic heterocycles. The molecule has 140 valence electrons. The Kier molecular flexibility index (Phi) is 6.83. The molecular weight excluding hydrogens is 332 g/mol. The van der Waals surface area contributed by atoms with Gasteiger partial charge in [0.25, 0.3) is 5.91 Å². The van der Waals surface area contributed by atoms with Gasteiger partial charge in [-0.3, -0.25) is 9.59 Å². The first-order chi connectivity index (χ1) is 12.5. The Bertz CT molecular complexity index is 798. The lowest BCUT2D eigenvalue weighted by atomic mass is 9.95. The lowest BCUT2D eigenvalue weighted by molar-refractivity contribution is 0.0925. The van der Waals surface area contributed by atoms with Crippen molar-refractivity contribution < 1.29 is 14.3 Å². The van der Waals surface area contributed by atoms with Gasteiger partial charge in [-0.15, -0.1) is 0 Å². The number of amides is 1. The van der Waals surface area contributed by atoms with Gasteiger partial charge in [-0.1, -0.05) is 19.9 Å². The summed E-state index contributed by atoms with van der Waals surface area (Å²) in [6, 6.07) is 8.33. The number of rotatable bonds is 8. The number of ether oxygens (including phenoxy) is 2. The third kappa shape index (κ3) is 4.88. The van der Waals surface area contributed by atoms with Crippen LogP contribution in [0.15, 0.2) is 41.3 Å². The lowest BCUT2D eigenvalue weighted by Crippen LogP contribution is -2.32. The maximum absolute atomic E-state index is 12.5. The number of H-pyrrole nitrogens is 1. The van der Waals surface area contributed by atoms with Crippen molar-refractivity contribution >= 4 is 5.91 Å². The van der Waals surface area contributed by atoms with Crippen LogP contribution >= 0.6 is 0 Å². The van der Waals surface area contributed by atoms with Crippen molar-refractivity contribution in [3.63, 3.8) is 0 Å². The topological polar surface area (TPSA) is 80.4 Å². The first kappa shape index (κ1) is 19.6. The summed E-state index contributed by atoms with van der Waals surface area (Å²) >= 11 is 0. The number of pyridine rings is 1. The van der Waals surface area contributed by atoms with Crippen molar-refractivity contribution in [2.24, 2.45) is 5.92 Å². The third-order valence-corrected chi connectivity index (χ3v) is 3.92. The second-order valence-electron chi connectivity index (χ2n) is 6.21. The van der Waals surface area contributed by atoms with Crippen LogP contribution < -0.4 is 20.3 Å². The summed E-state index contributed by atoms with van der Waals surface area (Å²) < 4.78 is 11.3. The van der Waals surface area contributed by atoms with Crippen LogP contribution in [0, 0.1) is 5.92 Å². The van der Waals surface area contributed by atoms with Gasteiger partial charge in [0.1, 0.15) is 0 Å². The Morgan fingerprint density at radius 1 is 1.08 bits per heavy atom. The van der Waals surface area contributed by atoms with Crippen molar-refractivity contribution in [3.05, 3.63) is 58.0 Å². The van der Waals surface area contributed by atoms with Crippen LogP contribution in [0.5, 0.6) is 11.5 Å². The highest BCUT2D eigenvalue weighted by molar-refractivity contribution is 5.94. The van der Waals surface area contributed by atoms with Crippen LogP contribution in [-0.4, -0.2) is 24.1 Å². The molecular formula is C20H26N2O4. The lowest BCUT2D eigenvalue weighted by Gasteiger charge is -2.24. The number of hydrogen-bond acceptors (Lipinski definition) is 4. The van der Waals surface area contributed by atoms with E-state index in [1.54, 1.807) is 6.07 Å². The van der Waals surface area contributed by atoms with Crippen LogP contribution in [0.25, 0.3) is 0 Å². The standard InChI is InChI=1S/C20H26N2O4/c1-5-25-16-8-7-14(11-17(16)26-6-2)19(13(3)4)22-20(24)15-9-10-21-18(23)12-15/h7-13,19H,5-6H2,1-4H3,(H,21,23)(H,22,24). The Morgan fingerprint density at radius 2 is 1.77 bits per heavy atom. The van der Waals surface area contributed by atoms with E-state index in [9.17, 15) is 9.59 Å². The summed E-state index contributed by atoms with van der Waals surface area (Å²) in [5.74, 6) is 1.19. The number of aromatic amines is 1. The molecule has 0 saturated heterocycles. The molecule has 0 radical (unpaired) electrons. The summed E-state index contributed by atoms with van der Waals surface area (Å²) in [7, 11) is 0. The van der Waals surface area contributed by atoms with Gasteiger partial charge in [-0.2, -0.15) is 0 Å². The second-order valence-corrected chi connectivity index (χ2v) is 6.21. The maximum Gasteiger partial charge on any atom is 0.252 e. The molecule has 1 unspecified atom stereocenters. The molecule has 2 N–H and O–H groups in total. The molecule has 0 fully saturated rings. The van der Waals surface area contributed by atoms with E-state index in [0.29, 0.717) is 30.3 Å². The van der Waals surface area contributed by atoms with Crippen LogP contribution in [0.3, 0.4) is 0 Å². The predicted octanol–water partition coefficient (Wildman–Crippen LogP) is 3.30. The molecule has 1 heterocycles. The molecule has 1 atom stereocenters. The van der Waals surface area contributed by atoms with Gasteiger partial charge in [-0.25, -0.2) is 0 Å². The molecule has 1 aromatic carbocycles. The largest absolute Gasteiger partial charge is 0.490 e. The molecule has 2 aromatic rings. The van der Waals surface area contributed by atoms with Gasteiger partial charge < -0.3 is 19.8 Å². The Labute approximate surface area is 153 Å². The summed E-state index contributed by atoms with van der Waals surface area (Å²) in [4.78, 5) is 26.5. The molecule has 0 aliphatic carbocycles. The van der Waals surface area contributed by atoms with E-state index in [-0.39, 0.29) is 23.4 Å². The smallest absolute Gasteiger partial charge is 0.252 e. The van der Waals surface area contributed by atoms with Crippen LogP contribution in [-0.2, 0) is 0 Å². The molecule has 6 heteroatoms. The van der Waals surface area contributed by atoms with Crippen molar-refractivity contribution in [1.29, 1.82) is 0 Å². The van der Waals surface area contributed by atoms with E-state index in [1.165, 1.54) is 12.3 Å². The normalized spacial score (nSPS) is 11.9. The SMILES string of the molecule is CCOc1ccc(C(NC(=O)c2cc[nH]c(=O)c2)C(C)C)cc1OCC. The van der Waals surface area contributed by atoms with Crippen LogP contribution in [0.1, 0.15) is 49.7 Å². The number of carbonyl (C=O) groups is 1. The summed E-state index contributed by atoms with van der Waals surface area (Å²) in [5, 5.41) is 3.01. The highest BCUT2D eigenvalue weighted by atomic mass is 16.5. The zero-order valence-corrected chi connectivity index (χ0v) is 15.7. The van der Waals surface area contributed by atoms with Gasteiger partial charge in [-0.05, 0) is 43.5 Å². The minimum atomic E-state index is -0.307. The zero-order chi connectivity index (χ0) is 19.1.